The monoisotopic (exact) mass is 464 g/mol. The van der Waals surface area contributed by atoms with Gasteiger partial charge in [-0.3, -0.25) is 9.40 Å². The van der Waals surface area contributed by atoms with E-state index in [1.54, 1.807) is 18.3 Å². The third-order valence-corrected chi connectivity index (χ3v) is 7.90. The zero-order valence-corrected chi connectivity index (χ0v) is 19.1. The molecule has 4 aromatic rings. The number of anilines is 3. The molecule has 5 rings (SSSR count). The van der Waals surface area contributed by atoms with E-state index in [0.29, 0.717) is 11.4 Å². The molecule has 6 nitrogen and oxygen atoms in total. The summed E-state index contributed by atoms with van der Waals surface area (Å²) in [6.45, 7) is 0. The van der Waals surface area contributed by atoms with Crippen LogP contribution < -0.4 is 10.0 Å². The minimum Gasteiger partial charge on any atom is -0.356 e. The van der Waals surface area contributed by atoms with Crippen LogP contribution in [0.4, 0.5) is 17.1 Å². The van der Waals surface area contributed by atoms with E-state index in [4.69, 9.17) is 5.10 Å². The Kier molecular flexibility index (Phi) is 5.71. The molecular weight excluding hydrogens is 440 g/mol. The summed E-state index contributed by atoms with van der Waals surface area (Å²) in [6.07, 6.45) is 6.08. The number of hydrogen-bond donors (Lipinski definition) is 2. The number of rotatable bonds is 7. The lowest BCUT2D eigenvalue weighted by Crippen LogP contribution is -2.13. The molecular formula is C24H24N4O2S2. The Balaban J connectivity index is 1.40. The Morgan fingerprint density at radius 1 is 0.875 bits per heavy atom. The van der Waals surface area contributed by atoms with Gasteiger partial charge >= 0.3 is 0 Å². The predicted octanol–water partition coefficient (Wildman–Crippen LogP) is 6.27. The molecule has 0 spiro atoms. The van der Waals surface area contributed by atoms with Crippen LogP contribution in [0.15, 0.2) is 83.2 Å². The third kappa shape index (κ3) is 4.42. The Bertz CT molecular complexity index is 1280. The van der Waals surface area contributed by atoms with Gasteiger partial charge in [-0.25, -0.2) is 8.42 Å². The van der Waals surface area contributed by atoms with E-state index >= 15 is 0 Å². The summed E-state index contributed by atoms with van der Waals surface area (Å²) in [7, 11) is -3.80. The summed E-state index contributed by atoms with van der Waals surface area (Å²) in [5.74, 6) is 0. The summed E-state index contributed by atoms with van der Waals surface area (Å²) in [5, 5.41) is 9.94. The fourth-order valence-corrected chi connectivity index (χ4v) is 6.03. The first-order valence-electron chi connectivity index (χ1n) is 10.7. The molecule has 8 heteroatoms. The minimum absolute atomic E-state index is 0.221. The largest absolute Gasteiger partial charge is 0.356 e. The quantitative estimate of drug-likeness (QED) is 0.338. The molecule has 1 aliphatic carbocycles. The molecule has 2 heterocycles. The van der Waals surface area contributed by atoms with Gasteiger partial charge in [0.25, 0.3) is 10.0 Å². The van der Waals surface area contributed by atoms with Gasteiger partial charge in [0.1, 0.15) is 10.6 Å². The molecule has 0 radical (unpaired) electrons. The topological polar surface area (TPSA) is 76.0 Å². The molecule has 0 atom stereocenters. The van der Waals surface area contributed by atoms with Crippen LogP contribution in [-0.4, -0.2) is 18.2 Å². The molecule has 1 aliphatic rings. The van der Waals surface area contributed by atoms with E-state index in [9.17, 15) is 8.42 Å². The van der Waals surface area contributed by atoms with E-state index in [1.807, 2.05) is 64.7 Å². The SMILES string of the molecule is O=S(=O)(Nc1ccc(Nc2ccccc2)cc1)c1cn(C2CCCC2)nc1-c1cccs1. The van der Waals surface area contributed by atoms with Gasteiger partial charge in [-0.05, 0) is 60.7 Å². The highest BCUT2D eigenvalue weighted by Crippen LogP contribution is 2.35. The van der Waals surface area contributed by atoms with Crippen molar-refractivity contribution >= 4 is 38.4 Å². The van der Waals surface area contributed by atoms with Gasteiger partial charge in [-0.2, -0.15) is 5.10 Å². The van der Waals surface area contributed by atoms with Crippen molar-refractivity contribution in [2.45, 2.75) is 36.6 Å². The summed E-state index contributed by atoms with van der Waals surface area (Å²) in [6, 6.07) is 21.2. The van der Waals surface area contributed by atoms with Gasteiger partial charge in [0.15, 0.2) is 0 Å². The second-order valence-corrected chi connectivity index (χ2v) is 10.5. The van der Waals surface area contributed by atoms with Gasteiger partial charge in [0.05, 0.1) is 10.9 Å². The standard InChI is InChI=1S/C24H24N4O2S2/c29-32(30,27-20-14-12-19(13-15-20)25-18-7-2-1-3-8-18)23-17-28(21-9-4-5-10-21)26-24(23)22-11-6-16-31-22/h1-3,6-8,11-17,21,25,27H,4-5,9-10H2. The lowest BCUT2D eigenvalue weighted by atomic mass is 10.2. The zero-order chi connectivity index (χ0) is 22.0. The van der Waals surface area contributed by atoms with Crippen LogP contribution in [0.1, 0.15) is 31.7 Å². The third-order valence-electron chi connectivity index (χ3n) is 5.64. The molecule has 2 aromatic carbocycles. The number of nitrogens with zero attached hydrogens (tertiary/aromatic N) is 2. The van der Waals surface area contributed by atoms with Crippen molar-refractivity contribution < 1.29 is 8.42 Å². The van der Waals surface area contributed by atoms with Gasteiger partial charge < -0.3 is 5.32 Å². The number of nitrogens with one attached hydrogen (secondary N) is 2. The average Bonchev–Trinajstić information content (AvgIpc) is 3.56. The first kappa shape index (κ1) is 20.8. The predicted molar refractivity (Wildman–Crippen MR) is 130 cm³/mol. The van der Waals surface area contributed by atoms with E-state index in [-0.39, 0.29) is 10.9 Å². The van der Waals surface area contributed by atoms with Crippen molar-refractivity contribution in [3.05, 3.63) is 78.3 Å². The second-order valence-electron chi connectivity index (χ2n) is 7.91. The number of sulfonamides is 1. The molecule has 0 bridgehead atoms. The molecule has 2 aromatic heterocycles. The maximum Gasteiger partial charge on any atom is 0.265 e. The number of hydrogen-bond acceptors (Lipinski definition) is 5. The summed E-state index contributed by atoms with van der Waals surface area (Å²) < 4.78 is 31.3. The highest BCUT2D eigenvalue weighted by Gasteiger charge is 2.27. The molecule has 32 heavy (non-hydrogen) atoms. The van der Waals surface area contributed by atoms with Crippen LogP contribution in [0, 0.1) is 0 Å². The number of thiophene rings is 1. The number of aromatic nitrogens is 2. The summed E-state index contributed by atoms with van der Waals surface area (Å²) >= 11 is 1.49. The van der Waals surface area contributed by atoms with Crippen molar-refractivity contribution in [1.29, 1.82) is 0 Å². The maximum absolute atomic E-state index is 13.3. The Hall–Kier alpha value is -3.10. The molecule has 1 fully saturated rings. The van der Waals surface area contributed by atoms with E-state index in [0.717, 1.165) is 41.9 Å². The lowest BCUT2D eigenvalue weighted by Gasteiger charge is -2.10. The van der Waals surface area contributed by atoms with E-state index in [1.165, 1.54) is 11.3 Å². The minimum atomic E-state index is -3.80. The molecule has 0 aliphatic heterocycles. The van der Waals surface area contributed by atoms with Crippen LogP contribution >= 0.6 is 11.3 Å². The fraction of sp³-hybridized carbons (Fsp3) is 0.208. The maximum atomic E-state index is 13.3. The van der Waals surface area contributed by atoms with Crippen molar-refractivity contribution in [2.75, 3.05) is 10.0 Å². The average molecular weight is 465 g/mol. The van der Waals surface area contributed by atoms with E-state index < -0.39 is 10.0 Å². The van der Waals surface area contributed by atoms with Gasteiger partial charge in [-0.15, -0.1) is 11.3 Å². The molecule has 0 amide bonds. The summed E-state index contributed by atoms with van der Waals surface area (Å²) in [5.41, 5.74) is 2.88. The highest BCUT2D eigenvalue weighted by molar-refractivity contribution is 7.92. The molecule has 0 saturated heterocycles. The smallest absolute Gasteiger partial charge is 0.265 e. The van der Waals surface area contributed by atoms with Gasteiger partial charge in [0, 0.05) is 23.3 Å². The van der Waals surface area contributed by atoms with Crippen LogP contribution in [0.3, 0.4) is 0 Å². The molecule has 1 saturated carbocycles. The first-order valence-corrected chi connectivity index (χ1v) is 13.0. The second kappa shape index (κ2) is 8.80. The van der Waals surface area contributed by atoms with Crippen molar-refractivity contribution in [3.63, 3.8) is 0 Å². The molecule has 2 N–H and O–H groups in total. The normalized spacial score (nSPS) is 14.5. The van der Waals surface area contributed by atoms with Crippen molar-refractivity contribution in [3.8, 4) is 10.6 Å². The highest BCUT2D eigenvalue weighted by atomic mass is 32.2. The van der Waals surface area contributed by atoms with E-state index in [2.05, 4.69) is 10.0 Å². The Morgan fingerprint density at radius 3 is 2.25 bits per heavy atom. The van der Waals surface area contributed by atoms with Crippen molar-refractivity contribution in [1.82, 2.24) is 9.78 Å². The lowest BCUT2D eigenvalue weighted by molar-refractivity contribution is 0.467. The zero-order valence-electron chi connectivity index (χ0n) is 17.4. The van der Waals surface area contributed by atoms with Crippen LogP contribution in [0.25, 0.3) is 10.6 Å². The van der Waals surface area contributed by atoms with Gasteiger partial charge in [0.2, 0.25) is 0 Å². The van der Waals surface area contributed by atoms with Crippen molar-refractivity contribution in [2.24, 2.45) is 0 Å². The fourth-order valence-electron chi connectivity index (χ4n) is 4.03. The van der Waals surface area contributed by atoms with Crippen LogP contribution in [0.2, 0.25) is 0 Å². The number of para-hydroxylation sites is 1. The molecule has 0 unspecified atom stereocenters. The number of benzene rings is 2. The molecule has 164 valence electrons. The Labute approximate surface area is 192 Å². The first-order chi connectivity index (χ1) is 15.6. The Morgan fingerprint density at radius 2 is 1.56 bits per heavy atom. The van der Waals surface area contributed by atoms with Crippen LogP contribution in [-0.2, 0) is 10.0 Å². The summed E-state index contributed by atoms with van der Waals surface area (Å²) in [4.78, 5) is 1.07. The van der Waals surface area contributed by atoms with Gasteiger partial charge in [-0.1, -0.05) is 37.1 Å². The van der Waals surface area contributed by atoms with Crippen LogP contribution in [0.5, 0.6) is 0 Å².